The molecular weight excluding hydrogens is 420 g/mol. The van der Waals surface area contributed by atoms with E-state index >= 15 is 0 Å². The van der Waals surface area contributed by atoms with E-state index in [4.69, 9.17) is 4.98 Å². The molecule has 2 fully saturated rings. The van der Waals surface area contributed by atoms with Crippen LogP contribution in [0.5, 0.6) is 0 Å². The maximum absolute atomic E-state index is 12.4. The minimum Gasteiger partial charge on any atom is -0.352 e. The van der Waals surface area contributed by atoms with Crippen LogP contribution in [-0.2, 0) is 0 Å². The lowest BCUT2D eigenvalue weighted by Crippen LogP contribution is -2.25. The number of aromatic nitrogens is 2. The van der Waals surface area contributed by atoms with Crippen molar-refractivity contribution in [2.75, 3.05) is 0 Å². The smallest absolute Gasteiger partial charge is 0.251 e. The lowest BCUT2D eigenvalue weighted by atomic mass is 9.89. The normalized spacial score (nSPS) is 20.9. The molecular formula is C29H32N4O. The van der Waals surface area contributed by atoms with E-state index in [9.17, 15) is 4.79 Å². The fraction of sp³-hybridized carbons (Fsp3) is 0.379. The summed E-state index contributed by atoms with van der Waals surface area (Å²) in [5, 5.41) is 3.07. The fourth-order valence-corrected chi connectivity index (χ4v) is 5.04. The highest BCUT2D eigenvalue weighted by Gasteiger charge is 2.54. The topological polar surface area (TPSA) is 49.9 Å². The van der Waals surface area contributed by atoms with E-state index in [1.165, 1.54) is 17.7 Å². The Morgan fingerprint density at radius 2 is 1.76 bits per heavy atom. The van der Waals surface area contributed by atoms with E-state index in [1.54, 1.807) is 0 Å². The number of carbonyl (C=O) groups is 1. The summed E-state index contributed by atoms with van der Waals surface area (Å²) < 4.78 is 2.26. The fourth-order valence-electron chi connectivity index (χ4n) is 5.04. The molecule has 6 rings (SSSR count). The summed E-state index contributed by atoms with van der Waals surface area (Å²) in [5.41, 5.74) is 5.67. The van der Waals surface area contributed by atoms with Gasteiger partial charge in [-0.25, -0.2) is 4.98 Å². The summed E-state index contributed by atoms with van der Waals surface area (Å²) in [4.78, 5) is 19.8. The van der Waals surface area contributed by atoms with Crippen molar-refractivity contribution in [1.29, 1.82) is 0 Å². The molecule has 1 amide bonds. The van der Waals surface area contributed by atoms with Gasteiger partial charge in [0.05, 0.1) is 23.6 Å². The first-order valence-corrected chi connectivity index (χ1v) is 12.4. The van der Waals surface area contributed by atoms with Gasteiger partial charge in [0, 0.05) is 23.4 Å². The van der Waals surface area contributed by atoms with E-state index in [0.29, 0.717) is 29.1 Å². The van der Waals surface area contributed by atoms with Gasteiger partial charge in [-0.2, -0.15) is 0 Å². The quantitative estimate of drug-likeness (QED) is 0.469. The molecule has 0 radical (unpaired) electrons. The molecule has 5 heteroatoms. The Bertz CT molecular complexity index is 1250. The van der Waals surface area contributed by atoms with Crippen molar-refractivity contribution in [3.8, 4) is 11.3 Å². The highest BCUT2D eigenvalue weighted by molar-refractivity contribution is 5.95. The van der Waals surface area contributed by atoms with Crippen LogP contribution in [-0.4, -0.2) is 32.4 Å². The predicted molar refractivity (Wildman–Crippen MR) is 136 cm³/mol. The molecule has 34 heavy (non-hydrogen) atoms. The molecule has 3 heterocycles. The van der Waals surface area contributed by atoms with Gasteiger partial charge in [-0.05, 0) is 48.8 Å². The first kappa shape index (κ1) is 21.2. The van der Waals surface area contributed by atoms with Crippen LogP contribution >= 0.6 is 0 Å². The molecule has 2 unspecified atom stereocenters. The number of carbonyl (C=O) groups excluding carboxylic acids is 1. The van der Waals surface area contributed by atoms with Crippen molar-refractivity contribution in [3.05, 3.63) is 77.7 Å². The van der Waals surface area contributed by atoms with Crippen LogP contribution in [0.15, 0.2) is 60.8 Å². The third kappa shape index (κ3) is 3.93. The molecule has 0 bridgehead atoms. The van der Waals surface area contributed by atoms with Crippen molar-refractivity contribution in [2.24, 2.45) is 5.41 Å². The zero-order valence-electron chi connectivity index (χ0n) is 20.2. The van der Waals surface area contributed by atoms with Crippen LogP contribution < -0.4 is 5.32 Å². The molecule has 3 aromatic rings. The first-order valence-electron chi connectivity index (χ1n) is 12.4. The molecule has 1 aliphatic carbocycles. The molecule has 1 saturated heterocycles. The van der Waals surface area contributed by atoms with Gasteiger partial charge >= 0.3 is 0 Å². The maximum Gasteiger partial charge on any atom is 0.251 e. The largest absolute Gasteiger partial charge is 0.352 e. The van der Waals surface area contributed by atoms with Gasteiger partial charge in [0.25, 0.3) is 5.91 Å². The van der Waals surface area contributed by atoms with Crippen molar-refractivity contribution >= 4 is 17.8 Å². The zero-order valence-corrected chi connectivity index (χ0v) is 20.2. The summed E-state index contributed by atoms with van der Waals surface area (Å²) in [6.07, 6.45) is 8.76. The van der Waals surface area contributed by atoms with Crippen LogP contribution in [0.3, 0.4) is 0 Å². The number of imidazole rings is 1. The molecule has 2 aliphatic heterocycles. The Kier molecular flexibility index (Phi) is 4.91. The van der Waals surface area contributed by atoms with Crippen molar-refractivity contribution < 1.29 is 4.79 Å². The third-order valence-corrected chi connectivity index (χ3v) is 7.17. The van der Waals surface area contributed by atoms with Gasteiger partial charge in [0.15, 0.2) is 0 Å². The van der Waals surface area contributed by atoms with Gasteiger partial charge in [0.1, 0.15) is 11.9 Å². The number of rotatable bonds is 6. The van der Waals surface area contributed by atoms with E-state index < -0.39 is 0 Å². The third-order valence-electron chi connectivity index (χ3n) is 7.17. The van der Waals surface area contributed by atoms with Gasteiger partial charge in [-0.1, -0.05) is 63.2 Å². The zero-order chi connectivity index (χ0) is 23.4. The lowest BCUT2D eigenvalue weighted by molar-refractivity contribution is 0.0951. The second-order valence-electron chi connectivity index (χ2n) is 11.1. The molecule has 5 nitrogen and oxygen atoms in total. The molecule has 1 N–H and O–H groups in total. The highest BCUT2D eigenvalue weighted by atomic mass is 16.1. The van der Waals surface area contributed by atoms with Crippen LogP contribution in [0, 0.1) is 5.41 Å². The van der Waals surface area contributed by atoms with Gasteiger partial charge in [-0.15, -0.1) is 0 Å². The van der Waals surface area contributed by atoms with Crippen molar-refractivity contribution in [2.45, 2.75) is 64.6 Å². The molecule has 2 atom stereocenters. The second kappa shape index (κ2) is 7.86. The Balaban J connectivity index is 1.33. The number of hydrogen-bond donors (Lipinski definition) is 1. The summed E-state index contributed by atoms with van der Waals surface area (Å²) in [6.45, 7) is 6.95. The van der Waals surface area contributed by atoms with Crippen molar-refractivity contribution in [1.82, 2.24) is 19.8 Å². The minimum atomic E-state index is 0.0194. The predicted octanol–water partition coefficient (Wildman–Crippen LogP) is 5.96. The number of benzene rings is 2. The molecule has 3 aliphatic rings. The first-order chi connectivity index (χ1) is 16.4. The van der Waals surface area contributed by atoms with E-state index in [0.717, 1.165) is 36.3 Å². The van der Waals surface area contributed by atoms with Crippen LogP contribution in [0.25, 0.3) is 23.2 Å². The highest BCUT2D eigenvalue weighted by Crippen LogP contribution is 2.54. The SMILES string of the molecule is CC(C)(C)CCC1C2c3ncc(-c4ccc(C(=O)NC5CC5)cc4)n3C=C(c3ccccc3)N12. The Morgan fingerprint density at radius 3 is 2.44 bits per heavy atom. The minimum absolute atomic E-state index is 0.0194. The van der Waals surface area contributed by atoms with Gasteiger partial charge < -0.3 is 10.2 Å². The molecule has 1 aromatic heterocycles. The summed E-state index contributed by atoms with van der Waals surface area (Å²) in [7, 11) is 0. The lowest BCUT2D eigenvalue weighted by Gasteiger charge is -2.20. The molecule has 174 valence electrons. The summed E-state index contributed by atoms with van der Waals surface area (Å²) in [6, 6.07) is 19.8. The van der Waals surface area contributed by atoms with E-state index in [1.807, 2.05) is 30.5 Å². The number of nitrogens with zero attached hydrogens (tertiary/aromatic N) is 3. The summed E-state index contributed by atoms with van der Waals surface area (Å²) in [5.74, 6) is 1.13. The maximum atomic E-state index is 12.4. The number of nitrogens with one attached hydrogen (secondary N) is 1. The molecule has 0 spiro atoms. The van der Waals surface area contributed by atoms with Gasteiger partial charge in [0.2, 0.25) is 0 Å². The van der Waals surface area contributed by atoms with Crippen molar-refractivity contribution in [3.63, 3.8) is 0 Å². The van der Waals surface area contributed by atoms with E-state index in [2.05, 4.69) is 72.1 Å². The molecule has 1 saturated carbocycles. The van der Waals surface area contributed by atoms with Crippen LogP contribution in [0.1, 0.15) is 74.2 Å². The average Bonchev–Trinajstić information content (AvgIpc) is 3.74. The average molecular weight is 453 g/mol. The summed E-state index contributed by atoms with van der Waals surface area (Å²) >= 11 is 0. The van der Waals surface area contributed by atoms with Crippen LogP contribution in [0.2, 0.25) is 0 Å². The van der Waals surface area contributed by atoms with Gasteiger partial charge in [-0.3, -0.25) is 9.36 Å². The van der Waals surface area contributed by atoms with E-state index in [-0.39, 0.29) is 5.91 Å². The number of amides is 1. The Hall–Kier alpha value is -3.34. The standard InChI is InChI=1S/C29H32N4O/c1-29(2,3)16-15-23-26-27-30-17-24(20-9-11-21(12-10-20)28(34)31-22-13-14-22)32(27)18-25(33(23)26)19-7-5-4-6-8-19/h4-12,17-18,22-23,26H,13-16H2,1-3H3,(H,31,34). The number of hydrogen-bond acceptors (Lipinski definition) is 3. The monoisotopic (exact) mass is 452 g/mol. The Morgan fingerprint density at radius 1 is 1.03 bits per heavy atom. The van der Waals surface area contributed by atoms with Crippen LogP contribution in [0.4, 0.5) is 0 Å². The molecule has 2 aromatic carbocycles. The Labute approximate surface area is 201 Å². The number of fused-ring (bicyclic) bond motifs is 3. The second-order valence-corrected chi connectivity index (χ2v) is 11.1.